The summed E-state index contributed by atoms with van der Waals surface area (Å²) in [6.45, 7) is 3.62. The van der Waals surface area contributed by atoms with Crippen molar-refractivity contribution in [2.45, 2.75) is 6.92 Å². The fourth-order valence-electron chi connectivity index (χ4n) is 4.10. The first kappa shape index (κ1) is 22.9. The molecule has 2 heterocycles. The minimum absolute atomic E-state index is 0.0555. The van der Waals surface area contributed by atoms with Crippen LogP contribution in [0.5, 0.6) is 11.5 Å². The molecule has 3 aliphatic rings. The molecule has 0 bridgehead atoms. The lowest BCUT2D eigenvalue weighted by Crippen LogP contribution is -2.23. The van der Waals surface area contributed by atoms with Gasteiger partial charge in [-0.15, -0.1) is 0 Å². The first-order valence-corrected chi connectivity index (χ1v) is 11.8. The van der Waals surface area contributed by atoms with Crippen molar-refractivity contribution in [2.24, 2.45) is 12.0 Å². The van der Waals surface area contributed by atoms with E-state index in [-0.39, 0.29) is 5.91 Å². The van der Waals surface area contributed by atoms with Crippen LogP contribution in [0.1, 0.15) is 6.92 Å². The number of anilines is 2. The number of carbonyl (C=O) groups excluding carboxylic acids is 1. The largest absolute Gasteiger partial charge is 0.486 e. The Hall–Kier alpha value is -3.91. The van der Waals surface area contributed by atoms with Gasteiger partial charge in [-0.25, -0.2) is 0 Å². The topological polar surface area (TPSA) is 92.7 Å². The lowest BCUT2D eigenvalue weighted by molar-refractivity contribution is -0.118. The van der Waals surface area contributed by atoms with Gasteiger partial charge < -0.3 is 20.1 Å². The summed E-state index contributed by atoms with van der Waals surface area (Å²) in [7, 11) is 1.95. The van der Waals surface area contributed by atoms with E-state index in [4.69, 9.17) is 21.1 Å². The van der Waals surface area contributed by atoms with E-state index in [0.29, 0.717) is 31.3 Å². The maximum absolute atomic E-state index is 11.0. The van der Waals surface area contributed by atoms with Gasteiger partial charge >= 0.3 is 0 Å². The number of halogens is 1. The van der Waals surface area contributed by atoms with Crippen LogP contribution in [-0.4, -0.2) is 42.0 Å². The van der Waals surface area contributed by atoms with Gasteiger partial charge in [-0.1, -0.05) is 29.8 Å². The number of aromatic nitrogens is 2. The Morgan fingerprint density at radius 2 is 1.91 bits per heavy atom. The Bertz CT molecular complexity index is 1420. The second kappa shape index (κ2) is 9.76. The fraction of sp³-hybridized carbons (Fsp3) is 0.231. The number of aryl methyl sites for hydroxylation is 1. The predicted octanol–water partition coefficient (Wildman–Crippen LogP) is 4.33. The number of nitrogens with one attached hydrogen (secondary N) is 3. The molecule has 0 unspecified atom stereocenters. The number of rotatable bonds is 6. The molecule has 0 fully saturated rings. The summed E-state index contributed by atoms with van der Waals surface area (Å²) in [4.78, 5) is 15.6. The lowest BCUT2D eigenvalue weighted by atomic mass is 10.0. The number of H-pyrrole nitrogens is 1. The second-order valence-corrected chi connectivity index (χ2v) is 8.64. The molecule has 2 aromatic carbocycles. The molecule has 0 atom stereocenters. The summed E-state index contributed by atoms with van der Waals surface area (Å²) in [6, 6.07) is 17.8. The van der Waals surface area contributed by atoms with Crippen molar-refractivity contribution in [3.05, 3.63) is 65.0 Å². The van der Waals surface area contributed by atoms with Crippen LogP contribution in [0.15, 0.2) is 59.6 Å². The molecule has 8 nitrogen and oxygen atoms in total. The highest BCUT2D eigenvalue weighted by Crippen LogP contribution is 2.40. The molecule has 3 N–H and O–H groups in total. The number of fused-ring (bicyclic) bond motifs is 2. The minimum Gasteiger partial charge on any atom is -0.486 e. The number of aromatic amines is 1. The summed E-state index contributed by atoms with van der Waals surface area (Å²) >= 11 is 6.85. The summed E-state index contributed by atoms with van der Waals surface area (Å²) in [6.07, 6.45) is 0. The number of amides is 1. The van der Waals surface area contributed by atoms with E-state index >= 15 is 0 Å². The van der Waals surface area contributed by atoms with Crippen LogP contribution in [-0.2, 0) is 11.8 Å². The molecular weight excluding hydrogens is 466 g/mol. The minimum atomic E-state index is -0.0555. The van der Waals surface area contributed by atoms with Gasteiger partial charge in [0.2, 0.25) is 5.91 Å². The highest BCUT2D eigenvalue weighted by molar-refractivity contribution is 6.36. The Morgan fingerprint density at radius 1 is 1.09 bits per heavy atom. The van der Waals surface area contributed by atoms with Crippen LogP contribution in [0.25, 0.3) is 22.4 Å². The molecule has 0 radical (unpaired) electrons. The molecule has 0 aromatic heterocycles. The summed E-state index contributed by atoms with van der Waals surface area (Å²) in [5.41, 5.74) is 4.64. The van der Waals surface area contributed by atoms with Crippen molar-refractivity contribution in [1.82, 2.24) is 15.1 Å². The van der Waals surface area contributed by atoms with Gasteiger partial charge in [0.15, 0.2) is 11.5 Å². The van der Waals surface area contributed by atoms with Gasteiger partial charge in [-0.3, -0.25) is 19.6 Å². The maximum atomic E-state index is 11.0. The molecule has 1 amide bonds. The third-order valence-corrected chi connectivity index (χ3v) is 6.19. The van der Waals surface area contributed by atoms with E-state index in [1.807, 2.05) is 66.3 Å². The zero-order valence-corrected chi connectivity index (χ0v) is 20.3. The Labute approximate surface area is 207 Å². The number of ether oxygens (including phenoxy) is 2. The molecule has 9 heteroatoms. The molecule has 180 valence electrons. The Kier molecular flexibility index (Phi) is 6.37. The molecule has 0 spiro atoms. The quantitative estimate of drug-likeness (QED) is 0.350. The van der Waals surface area contributed by atoms with Gasteiger partial charge in [-0.05, 0) is 42.0 Å². The molecule has 5 rings (SSSR count). The van der Waals surface area contributed by atoms with Crippen LogP contribution in [0.4, 0.5) is 11.5 Å². The summed E-state index contributed by atoms with van der Waals surface area (Å²) < 4.78 is 13.3. The maximum Gasteiger partial charge on any atom is 0.216 e. The van der Waals surface area contributed by atoms with Crippen molar-refractivity contribution < 1.29 is 14.3 Å². The Balaban J connectivity index is 1.41. The Morgan fingerprint density at radius 3 is 2.74 bits per heavy atom. The first-order chi connectivity index (χ1) is 17.0. The summed E-state index contributed by atoms with van der Waals surface area (Å²) in [5, 5.41) is 11.0. The van der Waals surface area contributed by atoms with E-state index in [2.05, 4.69) is 20.7 Å². The first-order valence-electron chi connectivity index (χ1n) is 11.4. The zero-order chi connectivity index (χ0) is 24.4. The number of nitrogens with zero attached hydrogens (tertiary/aromatic N) is 2. The summed E-state index contributed by atoms with van der Waals surface area (Å²) in [5.74, 6) is 2.24. The highest BCUT2D eigenvalue weighted by atomic mass is 35.5. The van der Waals surface area contributed by atoms with Gasteiger partial charge in [0, 0.05) is 31.6 Å². The SMILES string of the molecule is CC(=O)NCCN=c1ccc2c(Nc3cccc(-c4ccc5c(c4)OCCO5)c3Cl)[nH]n(C)c-2c1. The average Bonchev–Trinajstić information content (AvgIpc) is 3.17. The standard InChI is InChI=1S/C26H26ClN5O3/c1-16(33)28-10-11-29-18-7-8-20-22(15-18)32(2)31-26(20)30-21-5-3-4-19(25(21)27)17-6-9-23-24(14-17)35-13-12-34-23/h3-9,14-15,30-31H,10-13H2,1-2H3,(H,28,33). The van der Waals surface area contributed by atoms with Crippen LogP contribution >= 0.6 is 11.6 Å². The molecular formula is C26H26ClN5O3. The number of hydrogen-bond donors (Lipinski definition) is 3. The lowest BCUT2D eigenvalue weighted by Gasteiger charge is -2.19. The van der Waals surface area contributed by atoms with Gasteiger partial charge in [0.1, 0.15) is 19.0 Å². The van der Waals surface area contributed by atoms with Crippen molar-refractivity contribution >= 4 is 29.0 Å². The number of hydrogen-bond acceptors (Lipinski definition) is 5. The predicted molar refractivity (Wildman–Crippen MR) is 137 cm³/mol. The van der Waals surface area contributed by atoms with Gasteiger partial charge in [0.25, 0.3) is 0 Å². The monoisotopic (exact) mass is 491 g/mol. The van der Waals surface area contributed by atoms with E-state index in [1.165, 1.54) is 6.92 Å². The normalized spacial score (nSPS) is 13.2. The second-order valence-electron chi connectivity index (χ2n) is 8.26. The van der Waals surface area contributed by atoms with E-state index in [9.17, 15) is 4.79 Å². The third-order valence-electron chi connectivity index (χ3n) is 5.78. The van der Waals surface area contributed by atoms with E-state index in [0.717, 1.165) is 50.7 Å². The number of carbonyl (C=O) groups is 1. The molecule has 2 aliphatic heterocycles. The number of benzene rings is 3. The molecule has 0 saturated heterocycles. The zero-order valence-electron chi connectivity index (χ0n) is 19.5. The average molecular weight is 492 g/mol. The van der Waals surface area contributed by atoms with Crippen molar-refractivity contribution in [2.75, 3.05) is 31.6 Å². The van der Waals surface area contributed by atoms with Gasteiger partial charge in [0.05, 0.1) is 28.3 Å². The third kappa shape index (κ3) is 4.83. The molecule has 1 aliphatic carbocycles. The van der Waals surface area contributed by atoms with Crippen molar-refractivity contribution in [1.29, 1.82) is 0 Å². The van der Waals surface area contributed by atoms with Crippen molar-refractivity contribution in [3.63, 3.8) is 0 Å². The highest BCUT2D eigenvalue weighted by Gasteiger charge is 2.17. The van der Waals surface area contributed by atoms with Crippen LogP contribution in [0, 0.1) is 0 Å². The fourth-order valence-corrected chi connectivity index (χ4v) is 4.39. The van der Waals surface area contributed by atoms with E-state index in [1.54, 1.807) is 0 Å². The van der Waals surface area contributed by atoms with Crippen molar-refractivity contribution in [3.8, 4) is 33.9 Å². The smallest absolute Gasteiger partial charge is 0.216 e. The molecule has 35 heavy (non-hydrogen) atoms. The van der Waals surface area contributed by atoms with Crippen LogP contribution < -0.4 is 25.5 Å². The van der Waals surface area contributed by atoms with Crippen LogP contribution in [0.3, 0.4) is 0 Å². The molecule has 0 saturated carbocycles. The van der Waals surface area contributed by atoms with E-state index < -0.39 is 0 Å². The van der Waals surface area contributed by atoms with Crippen LogP contribution in [0.2, 0.25) is 5.02 Å². The van der Waals surface area contributed by atoms with Gasteiger partial charge in [-0.2, -0.15) is 0 Å². The molecule has 2 aromatic rings.